The van der Waals surface area contributed by atoms with Crippen LogP contribution in [-0.2, 0) is 9.53 Å². The molecule has 0 radical (unpaired) electrons. The van der Waals surface area contributed by atoms with Gasteiger partial charge >= 0.3 is 5.97 Å². The molecule has 1 N–H and O–H groups in total. The molecule has 2 amide bonds. The maximum atomic E-state index is 13.0. The second-order valence-electron chi connectivity index (χ2n) is 7.29. The Kier molecular flexibility index (Phi) is 5.21. The van der Waals surface area contributed by atoms with E-state index < -0.39 is 23.6 Å². The first-order valence-electron chi connectivity index (χ1n) is 9.62. The fourth-order valence-electron chi connectivity index (χ4n) is 4.07. The highest BCUT2D eigenvalue weighted by Crippen LogP contribution is 2.38. The molecule has 2 aromatic rings. The van der Waals surface area contributed by atoms with Crippen molar-refractivity contribution in [2.24, 2.45) is 0 Å². The van der Waals surface area contributed by atoms with Crippen LogP contribution >= 0.6 is 0 Å². The molecule has 0 aliphatic carbocycles. The van der Waals surface area contributed by atoms with Gasteiger partial charge in [0.25, 0.3) is 11.8 Å². The van der Waals surface area contributed by atoms with Crippen LogP contribution in [0.25, 0.3) is 0 Å². The van der Waals surface area contributed by atoms with Crippen LogP contribution in [-0.4, -0.2) is 71.3 Å². The molecule has 2 fully saturated rings. The van der Waals surface area contributed by atoms with Gasteiger partial charge in [-0.25, -0.2) is 4.79 Å². The number of ether oxygens (including phenoxy) is 2. The quantitative estimate of drug-likeness (QED) is 0.813. The van der Waals surface area contributed by atoms with Crippen LogP contribution in [0.2, 0.25) is 0 Å². The first kappa shape index (κ1) is 20.0. The topological polar surface area (TPSA) is 110 Å². The maximum Gasteiger partial charge on any atom is 0.328 e. The second-order valence-corrected chi connectivity index (χ2v) is 7.29. The van der Waals surface area contributed by atoms with E-state index in [9.17, 15) is 19.5 Å². The number of benzene rings is 1. The van der Waals surface area contributed by atoms with Crippen molar-refractivity contribution < 1.29 is 33.4 Å². The zero-order chi connectivity index (χ0) is 21.3. The van der Waals surface area contributed by atoms with Gasteiger partial charge in [-0.05, 0) is 30.3 Å². The van der Waals surface area contributed by atoms with Crippen LogP contribution in [0.5, 0.6) is 5.75 Å². The lowest BCUT2D eigenvalue weighted by atomic mass is 9.96. The van der Waals surface area contributed by atoms with E-state index in [4.69, 9.17) is 13.9 Å². The number of hydrogen-bond acceptors (Lipinski definition) is 6. The number of carbonyl (C=O) groups is 3. The summed E-state index contributed by atoms with van der Waals surface area (Å²) in [5.74, 6) is -1.17. The molecular weight excluding hydrogens is 392 g/mol. The molecule has 1 aromatic heterocycles. The average molecular weight is 414 g/mol. The van der Waals surface area contributed by atoms with Gasteiger partial charge in [-0.2, -0.15) is 0 Å². The summed E-state index contributed by atoms with van der Waals surface area (Å²) < 4.78 is 16.3. The van der Waals surface area contributed by atoms with Gasteiger partial charge in [-0.1, -0.05) is 6.07 Å². The number of aliphatic carboxylic acids is 1. The van der Waals surface area contributed by atoms with Gasteiger partial charge in [-0.3, -0.25) is 14.5 Å². The van der Waals surface area contributed by atoms with Gasteiger partial charge in [0.15, 0.2) is 11.8 Å². The van der Waals surface area contributed by atoms with E-state index in [1.165, 1.54) is 24.3 Å². The average Bonchev–Trinajstić information content (AvgIpc) is 3.42. The lowest BCUT2D eigenvalue weighted by Gasteiger charge is -2.43. The van der Waals surface area contributed by atoms with Crippen LogP contribution in [0.1, 0.15) is 33.8 Å². The van der Waals surface area contributed by atoms with Gasteiger partial charge in [0.05, 0.1) is 20.0 Å². The van der Waals surface area contributed by atoms with Crippen molar-refractivity contribution in [3.8, 4) is 5.75 Å². The van der Waals surface area contributed by atoms with E-state index in [1.54, 1.807) is 35.2 Å². The number of rotatable bonds is 4. The van der Waals surface area contributed by atoms with Crippen LogP contribution in [0.3, 0.4) is 0 Å². The molecule has 0 bridgehead atoms. The summed E-state index contributed by atoms with van der Waals surface area (Å²) in [6.45, 7) is 0.542. The highest BCUT2D eigenvalue weighted by molar-refractivity contribution is 5.96. The molecule has 0 saturated carbocycles. The van der Waals surface area contributed by atoms with Crippen LogP contribution in [0.4, 0.5) is 0 Å². The molecule has 30 heavy (non-hydrogen) atoms. The Morgan fingerprint density at radius 3 is 2.53 bits per heavy atom. The number of methoxy groups -OCH3 is 1. The Balaban J connectivity index is 1.53. The van der Waals surface area contributed by atoms with Crippen molar-refractivity contribution in [3.05, 3.63) is 54.0 Å². The molecule has 158 valence electrons. The maximum absolute atomic E-state index is 13.0. The highest BCUT2D eigenvalue weighted by Gasteiger charge is 2.54. The van der Waals surface area contributed by atoms with E-state index in [0.717, 1.165) is 0 Å². The largest absolute Gasteiger partial charge is 0.497 e. The number of carboxylic acid groups (broad SMARTS) is 1. The molecule has 0 unspecified atom stereocenters. The Hall–Kier alpha value is -3.33. The van der Waals surface area contributed by atoms with Crippen molar-refractivity contribution in [2.75, 3.05) is 26.8 Å². The number of likely N-dealkylation sites (tertiary alicyclic amines) is 1. The number of amides is 2. The summed E-state index contributed by atoms with van der Waals surface area (Å²) in [7, 11) is 1.54. The van der Waals surface area contributed by atoms with Gasteiger partial charge in [0.1, 0.15) is 11.5 Å². The highest BCUT2D eigenvalue weighted by atomic mass is 16.5. The molecule has 2 saturated heterocycles. The summed E-state index contributed by atoms with van der Waals surface area (Å²) in [6, 6.07) is 8.86. The van der Waals surface area contributed by atoms with Crippen LogP contribution < -0.4 is 4.74 Å². The molecule has 2 aliphatic heterocycles. The standard InChI is InChI=1S/C21H22N2O7/c1-28-15-5-2-4-14(12-15)18(24)22-9-7-21(8-10-22)23(16(13-30-21)20(26)27)19(25)17-6-3-11-29-17/h2-6,11-12,16H,7-10,13H2,1H3,(H,26,27)/t16-/m1/s1. The third-order valence-corrected chi connectivity index (χ3v) is 5.65. The third kappa shape index (κ3) is 3.41. The Morgan fingerprint density at radius 2 is 1.90 bits per heavy atom. The minimum absolute atomic E-state index is 0.0565. The fraction of sp³-hybridized carbons (Fsp3) is 0.381. The SMILES string of the molecule is COc1cccc(C(=O)N2CCC3(CC2)OC[C@H](C(=O)O)N3C(=O)c2ccco2)c1. The number of carboxylic acids is 1. The molecule has 9 nitrogen and oxygen atoms in total. The summed E-state index contributed by atoms with van der Waals surface area (Å²) in [4.78, 5) is 40.6. The van der Waals surface area contributed by atoms with Gasteiger partial charge in [0, 0.05) is 31.5 Å². The summed E-state index contributed by atoms with van der Waals surface area (Å²) in [5.41, 5.74) is -0.581. The molecule has 1 spiro atoms. The summed E-state index contributed by atoms with van der Waals surface area (Å²) in [6.07, 6.45) is 1.97. The smallest absolute Gasteiger partial charge is 0.328 e. The Labute approximate surface area is 172 Å². The monoisotopic (exact) mass is 414 g/mol. The molecule has 1 atom stereocenters. The van der Waals surface area contributed by atoms with Crippen LogP contribution in [0.15, 0.2) is 47.1 Å². The van der Waals surface area contributed by atoms with E-state index in [2.05, 4.69) is 0 Å². The van der Waals surface area contributed by atoms with Crippen LogP contribution in [0, 0.1) is 0 Å². The summed E-state index contributed by atoms with van der Waals surface area (Å²) >= 11 is 0. The lowest BCUT2D eigenvalue weighted by molar-refractivity contribution is -0.143. The molecule has 2 aliphatic rings. The first-order valence-corrected chi connectivity index (χ1v) is 9.62. The number of carbonyl (C=O) groups excluding carboxylic acids is 2. The van der Waals surface area contributed by atoms with Gasteiger partial charge in [-0.15, -0.1) is 0 Å². The van der Waals surface area contributed by atoms with Gasteiger partial charge in [0.2, 0.25) is 0 Å². The van der Waals surface area contributed by atoms with E-state index in [1.807, 2.05) is 0 Å². The normalized spacial score (nSPS) is 20.4. The van der Waals surface area contributed by atoms with Crippen molar-refractivity contribution in [3.63, 3.8) is 0 Å². The molecule has 1 aromatic carbocycles. The molecule has 9 heteroatoms. The molecular formula is C21H22N2O7. The Bertz CT molecular complexity index is 948. The second kappa shape index (κ2) is 7.83. The van der Waals surface area contributed by atoms with Crippen molar-refractivity contribution in [1.82, 2.24) is 9.80 Å². The van der Waals surface area contributed by atoms with E-state index in [-0.39, 0.29) is 18.3 Å². The minimum atomic E-state index is -1.14. The zero-order valence-corrected chi connectivity index (χ0v) is 16.4. The summed E-state index contributed by atoms with van der Waals surface area (Å²) in [5, 5.41) is 9.60. The number of piperidine rings is 1. The van der Waals surface area contributed by atoms with Crippen molar-refractivity contribution >= 4 is 17.8 Å². The minimum Gasteiger partial charge on any atom is -0.497 e. The predicted molar refractivity (Wildman–Crippen MR) is 103 cm³/mol. The number of hydrogen-bond donors (Lipinski definition) is 1. The zero-order valence-electron chi connectivity index (χ0n) is 16.4. The number of furan rings is 1. The third-order valence-electron chi connectivity index (χ3n) is 5.65. The molecule has 3 heterocycles. The van der Waals surface area contributed by atoms with Crippen molar-refractivity contribution in [1.29, 1.82) is 0 Å². The van der Waals surface area contributed by atoms with E-state index in [0.29, 0.717) is 37.2 Å². The van der Waals surface area contributed by atoms with Crippen molar-refractivity contribution in [2.45, 2.75) is 24.6 Å². The van der Waals surface area contributed by atoms with E-state index >= 15 is 0 Å². The lowest BCUT2D eigenvalue weighted by Crippen LogP contribution is -2.58. The molecule has 4 rings (SSSR count). The first-order chi connectivity index (χ1) is 14.4. The van der Waals surface area contributed by atoms with Gasteiger partial charge < -0.3 is 23.9 Å². The predicted octanol–water partition coefficient (Wildman–Crippen LogP) is 1.85. The fourth-order valence-corrected chi connectivity index (χ4v) is 4.07. The Morgan fingerprint density at radius 1 is 1.13 bits per heavy atom. The number of nitrogens with zero attached hydrogens (tertiary/aromatic N) is 2.